The smallest absolute Gasteiger partial charge is 0.257 e. The van der Waals surface area contributed by atoms with Gasteiger partial charge in [0.05, 0.1) is 31.4 Å². The summed E-state index contributed by atoms with van der Waals surface area (Å²) in [7, 11) is 3.09. The molecule has 28 heavy (non-hydrogen) atoms. The van der Waals surface area contributed by atoms with Crippen LogP contribution in [0.4, 0.5) is 17.2 Å². The average Bonchev–Trinajstić information content (AvgIpc) is 2.74. The van der Waals surface area contributed by atoms with Crippen LogP contribution < -0.4 is 20.1 Å². The summed E-state index contributed by atoms with van der Waals surface area (Å²) in [4.78, 5) is 16.7. The van der Waals surface area contributed by atoms with Crippen LogP contribution in [0.1, 0.15) is 15.9 Å². The Balaban J connectivity index is 1.67. The molecule has 0 radical (unpaired) electrons. The third kappa shape index (κ3) is 4.37. The third-order valence-electron chi connectivity index (χ3n) is 3.95. The number of methoxy groups -OCH3 is 2. The van der Waals surface area contributed by atoms with Crippen LogP contribution in [0.3, 0.4) is 0 Å². The van der Waals surface area contributed by atoms with Crippen LogP contribution >= 0.6 is 0 Å². The Kier molecular flexibility index (Phi) is 5.72. The minimum absolute atomic E-state index is 0.287. The minimum Gasteiger partial charge on any atom is -0.493 e. The minimum atomic E-state index is -0.287. The molecule has 0 saturated heterocycles. The van der Waals surface area contributed by atoms with Crippen molar-refractivity contribution in [2.24, 2.45) is 0 Å². The van der Waals surface area contributed by atoms with E-state index in [1.54, 1.807) is 61.7 Å². The van der Waals surface area contributed by atoms with E-state index in [1.165, 1.54) is 13.3 Å². The van der Waals surface area contributed by atoms with E-state index in [2.05, 4.69) is 21.7 Å². The van der Waals surface area contributed by atoms with E-state index in [-0.39, 0.29) is 5.91 Å². The molecule has 0 saturated carbocycles. The van der Waals surface area contributed by atoms with Crippen LogP contribution in [-0.4, -0.2) is 25.1 Å². The van der Waals surface area contributed by atoms with Gasteiger partial charge >= 0.3 is 0 Å². The third-order valence-corrected chi connectivity index (χ3v) is 3.95. The van der Waals surface area contributed by atoms with Gasteiger partial charge in [0.1, 0.15) is 5.82 Å². The molecule has 2 N–H and O–H groups in total. The Morgan fingerprint density at radius 1 is 0.964 bits per heavy atom. The first-order valence-electron chi connectivity index (χ1n) is 8.39. The number of pyridine rings is 1. The zero-order valence-corrected chi connectivity index (χ0v) is 15.4. The van der Waals surface area contributed by atoms with Crippen molar-refractivity contribution in [3.05, 3.63) is 71.9 Å². The van der Waals surface area contributed by atoms with Crippen molar-refractivity contribution in [1.82, 2.24) is 4.98 Å². The van der Waals surface area contributed by atoms with Gasteiger partial charge in [-0.25, -0.2) is 4.98 Å². The number of ether oxygens (including phenoxy) is 2. The van der Waals surface area contributed by atoms with Crippen LogP contribution in [0.15, 0.2) is 60.8 Å². The molecule has 0 atom stereocenters. The Hall–Kier alpha value is -4.05. The van der Waals surface area contributed by atoms with Crippen molar-refractivity contribution in [3.63, 3.8) is 0 Å². The molecule has 0 unspecified atom stereocenters. The molecule has 0 aliphatic heterocycles. The SMILES string of the molecule is COc1ccc(NC(=O)c2ccc(Nc3ccc(C#N)cc3)nc2)cc1OC. The van der Waals surface area contributed by atoms with Crippen molar-refractivity contribution in [3.8, 4) is 17.6 Å². The van der Waals surface area contributed by atoms with Gasteiger partial charge in [-0.15, -0.1) is 0 Å². The Bertz CT molecular complexity index is 1010. The van der Waals surface area contributed by atoms with Gasteiger partial charge in [0.25, 0.3) is 5.91 Å². The van der Waals surface area contributed by atoms with Crippen molar-refractivity contribution in [2.45, 2.75) is 0 Å². The fraction of sp³-hybridized carbons (Fsp3) is 0.0952. The van der Waals surface area contributed by atoms with Crippen molar-refractivity contribution >= 4 is 23.1 Å². The first kappa shape index (κ1) is 18.7. The normalized spacial score (nSPS) is 9.89. The second-order valence-electron chi connectivity index (χ2n) is 5.77. The summed E-state index contributed by atoms with van der Waals surface area (Å²) in [6.07, 6.45) is 1.49. The highest BCUT2D eigenvalue weighted by atomic mass is 16.5. The van der Waals surface area contributed by atoms with E-state index in [4.69, 9.17) is 14.7 Å². The molecule has 2 aromatic carbocycles. The molecule has 3 rings (SSSR count). The summed E-state index contributed by atoms with van der Waals surface area (Å²) in [5, 5.41) is 14.7. The fourth-order valence-electron chi connectivity index (χ4n) is 2.50. The molecule has 0 aliphatic rings. The maximum atomic E-state index is 12.4. The fourth-order valence-corrected chi connectivity index (χ4v) is 2.50. The number of hydrogen-bond donors (Lipinski definition) is 2. The summed E-state index contributed by atoms with van der Waals surface area (Å²) < 4.78 is 10.4. The van der Waals surface area contributed by atoms with Crippen LogP contribution in [0.25, 0.3) is 0 Å². The van der Waals surface area contributed by atoms with E-state index >= 15 is 0 Å². The quantitative estimate of drug-likeness (QED) is 0.678. The summed E-state index contributed by atoms with van der Waals surface area (Å²) >= 11 is 0. The van der Waals surface area contributed by atoms with Crippen LogP contribution in [-0.2, 0) is 0 Å². The van der Waals surface area contributed by atoms with Gasteiger partial charge in [0.2, 0.25) is 0 Å². The predicted octanol–water partition coefficient (Wildman–Crippen LogP) is 3.97. The monoisotopic (exact) mass is 374 g/mol. The summed E-state index contributed by atoms with van der Waals surface area (Å²) in [5.41, 5.74) is 2.39. The number of rotatable bonds is 6. The molecule has 140 valence electrons. The molecular weight excluding hydrogens is 356 g/mol. The standard InChI is InChI=1S/C21H18N4O3/c1-27-18-9-8-17(11-19(18)28-2)25-21(26)15-5-10-20(23-13-15)24-16-6-3-14(12-22)4-7-16/h3-11,13H,1-2H3,(H,23,24)(H,25,26). The highest BCUT2D eigenvalue weighted by Gasteiger charge is 2.10. The van der Waals surface area contributed by atoms with E-state index < -0.39 is 0 Å². The number of nitrogens with one attached hydrogen (secondary N) is 2. The molecule has 7 nitrogen and oxygen atoms in total. The molecule has 0 aliphatic carbocycles. The number of nitriles is 1. The number of carbonyl (C=O) groups is 1. The summed E-state index contributed by atoms with van der Waals surface area (Å²) in [6, 6.07) is 17.6. The predicted molar refractivity (Wildman–Crippen MR) is 106 cm³/mol. The lowest BCUT2D eigenvalue weighted by Gasteiger charge is -2.11. The van der Waals surface area contributed by atoms with E-state index in [1.807, 2.05) is 0 Å². The number of hydrogen-bond acceptors (Lipinski definition) is 6. The van der Waals surface area contributed by atoms with Gasteiger partial charge in [0.15, 0.2) is 11.5 Å². The van der Waals surface area contributed by atoms with Crippen molar-refractivity contribution in [1.29, 1.82) is 5.26 Å². The topological polar surface area (TPSA) is 96.3 Å². The molecular formula is C21H18N4O3. The van der Waals surface area contributed by atoms with E-state index in [0.29, 0.717) is 34.1 Å². The Morgan fingerprint density at radius 2 is 1.68 bits per heavy atom. The summed E-state index contributed by atoms with van der Waals surface area (Å²) in [6.45, 7) is 0. The largest absolute Gasteiger partial charge is 0.493 e. The first-order valence-corrected chi connectivity index (χ1v) is 8.39. The molecule has 0 spiro atoms. The number of aromatic nitrogens is 1. The van der Waals surface area contributed by atoms with Crippen molar-refractivity contribution < 1.29 is 14.3 Å². The Labute approximate surface area is 162 Å². The van der Waals surface area contributed by atoms with Gasteiger partial charge in [-0.2, -0.15) is 5.26 Å². The molecule has 1 heterocycles. The van der Waals surface area contributed by atoms with Crippen LogP contribution in [0.5, 0.6) is 11.5 Å². The zero-order valence-electron chi connectivity index (χ0n) is 15.4. The van der Waals surface area contributed by atoms with Gasteiger partial charge in [0, 0.05) is 23.6 Å². The number of anilines is 3. The highest BCUT2D eigenvalue weighted by Crippen LogP contribution is 2.29. The van der Waals surface area contributed by atoms with Gasteiger partial charge < -0.3 is 20.1 Å². The lowest BCUT2D eigenvalue weighted by molar-refractivity contribution is 0.102. The van der Waals surface area contributed by atoms with E-state index in [9.17, 15) is 4.79 Å². The van der Waals surface area contributed by atoms with Crippen molar-refractivity contribution in [2.75, 3.05) is 24.9 Å². The number of benzene rings is 2. The average molecular weight is 374 g/mol. The first-order chi connectivity index (χ1) is 13.6. The highest BCUT2D eigenvalue weighted by molar-refractivity contribution is 6.04. The molecule has 1 aromatic heterocycles. The number of amides is 1. The maximum Gasteiger partial charge on any atom is 0.257 e. The van der Waals surface area contributed by atoms with Crippen LogP contribution in [0, 0.1) is 11.3 Å². The number of carbonyl (C=O) groups excluding carboxylic acids is 1. The maximum absolute atomic E-state index is 12.4. The molecule has 0 fully saturated rings. The molecule has 7 heteroatoms. The van der Waals surface area contributed by atoms with Gasteiger partial charge in [-0.3, -0.25) is 4.79 Å². The summed E-state index contributed by atoms with van der Waals surface area (Å²) in [5.74, 6) is 1.41. The second kappa shape index (κ2) is 8.56. The van der Waals surface area contributed by atoms with Crippen LogP contribution in [0.2, 0.25) is 0 Å². The van der Waals surface area contributed by atoms with Gasteiger partial charge in [-0.05, 0) is 48.5 Å². The lowest BCUT2D eigenvalue weighted by Crippen LogP contribution is -2.12. The number of nitrogens with zero attached hydrogens (tertiary/aromatic N) is 2. The van der Waals surface area contributed by atoms with E-state index in [0.717, 1.165) is 5.69 Å². The van der Waals surface area contributed by atoms with Gasteiger partial charge in [-0.1, -0.05) is 0 Å². The molecule has 3 aromatic rings. The Morgan fingerprint density at radius 3 is 2.29 bits per heavy atom. The zero-order chi connectivity index (χ0) is 19.9. The molecule has 1 amide bonds. The second-order valence-corrected chi connectivity index (χ2v) is 5.77. The molecule has 0 bridgehead atoms. The lowest BCUT2D eigenvalue weighted by atomic mass is 10.2.